The van der Waals surface area contributed by atoms with Gasteiger partial charge in [-0.25, -0.2) is 9.07 Å². The van der Waals surface area contributed by atoms with E-state index >= 15 is 0 Å². The first kappa shape index (κ1) is 24.5. The highest BCUT2D eigenvalue weighted by Crippen LogP contribution is 2.09. The van der Waals surface area contributed by atoms with Gasteiger partial charge >= 0.3 is 0 Å². The first-order chi connectivity index (χ1) is 14.2. The predicted octanol–water partition coefficient (Wildman–Crippen LogP) is 2.45. The molecule has 1 saturated heterocycles. The van der Waals surface area contributed by atoms with Gasteiger partial charge in [-0.2, -0.15) is 5.10 Å². The Morgan fingerprint density at radius 2 is 1.93 bits per heavy atom. The molecular weight excluding hydrogens is 498 g/mol. The second-order valence-electron chi connectivity index (χ2n) is 7.12. The van der Waals surface area contributed by atoms with Crippen LogP contribution in [0.1, 0.15) is 19.5 Å². The molecule has 0 amide bonds. The second kappa shape index (κ2) is 12.9. The number of nitrogens with zero attached hydrogens (tertiary/aromatic N) is 4. The van der Waals surface area contributed by atoms with Crippen LogP contribution in [0, 0.1) is 5.82 Å². The number of halogens is 2. The van der Waals surface area contributed by atoms with E-state index in [1.54, 1.807) is 16.8 Å². The number of ether oxygens (including phenoxy) is 1. The second-order valence-corrected chi connectivity index (χ2v) is 7.12. The minimum atomic E-state index is -0.247. The summed E-state index contributed by atoms with van der Waals surface area (Å²) in [6.07, 6.45) is 2.67. The Labute approximate surface area is 195 Å². The lowest BCUT2D eigenvalue weighted by Crippen LogP contribution is -2.44. The largest absolute Gasteiger partial charge is 0.379 e. The molecule has 1 fully saturated rings. The summed E-state index contributed by atoms with van der Waals surface area (Å²) in [6, 6.07) is 8.69. The topological polar surface area (TPSA) is 66.7 Å². The van der Waals surface area contributed by atoms with E-state index in [9.17, 15) is 4.39 Å². The molecule has 2 N–H and O–H groups in total. The molecule has 0 spiro atoms. The summed E-state index contributed by atoms with van der Waals surface area (Å²) >= 11 is 0. The molecule has 0 bridgehead atoms. The number of aromatic nitrogens is 2. The van der Waals surface area contributed by atoms with Gasteiger partial charge in [-0.05, 0) is 44.2 Å². The quantitative estimate of drug-likeness (QED) is 0.312. The fourth-order valence-corrected chi connectivity index (χ4v) is 3.24. The van der Waals surface area contributed by atoms with Gasteiger partial charge in [-0.3, -0.25) is 9.89 Å². The van der Waals surface area contributed by atoms with Crippen molar-refractivity contribution in [3.05, 3.63) is 48.0 Å². The fraction of sp³-hybridized carbons (Fsp3) is 0.524. The zero-order valence-electron chi connectivity index (χ0n) is 17.7. The molecule has 0 saturated carbocycles. The highest BCUT2D eigenvalue weighted by atomic mass is 127. The summed E-state index contributed by atoms with van der Waals surface area (Å²) in [7, 11) is 0. The molecule has 30 heavy (non-hydrogen) atoms. The molecule has 2 heterocycles. The fourth-order valence-electron chi connectivity index (χ4n) is 3.24. The Bertz CT molecular complexity index is 776. The van der Waals surface area contributed by atoms with Gasteiger partial charge in [-0.15, -0.1) is 24.0 Å². The molecule has 2 aromatic rings. The van der Waals surface area contributed by atoms with Crippen molar-refractivity contribution in [3.63, 3.8) is 0 Å². The molecule has 1 unspecified atom stereocenters. The van der Waals surface area contributed by atoms with Gasteiger partial charge in [0, 0.05) is 44.8 Å². The van der Waals surface area contributed by atoms with Crippen LogP contribution in [0.15, 0.2) is 41.5 Å². The van der Waals surface area contributed by atoms with Crippen molar-refractivity contribution in [1.82, 2.24) is 25.3 Å². The number of guanidine groups is 1. The number of nitrogens with one attached hydrogen (secondary N) is 2. The zero-order valence-corrected chi connectivity index (χ0v) is 20.0. The number of rotatable bonds is 8. The van der Waals surface area contributed by atoms with Gasteiger partial charge in [0.2, 0.25) is 0 Å². The Balaban J connectivity index is 0.00000320. The van der Waals surface area contributed by atoms with Crippen LogP contribution in [0.3, 0.4) is 0 Å². The lowest BCUT2D eigenvalue weighted by atomic mass is 10.2. The van der Waals surface area contributed by atoms with Gasteiger partial charge in [0.15, 0.2) is 5.96 Å². The van der Waals surface area contributed by atoms with Gasteiger partial charge in [0.05, 0.1) is 31.1 Å². The molecule has 0 aliphatic carbocycles. The van der Waals surface area contributed by atoms with Gasteiger partial charge < -0.3 is 15.4 Å². The van der Waals surface area contributed by atoms with Gasteiger partial charge in [-0.1, -0.05) is 0 Å². The van der Waals surface area contributed by atoms with E-state index in [4.69, 9.17) is 9.73 Å². The van der Waals surface area contributed by atoms with Crippen molar-refractivity contribution in [2.75, 3.05) is 45.9 Å². The third-order valence-corrected chi connectivity index (χ3v) is 4.94. The average Bonchev–Trinajstić information content (AvgIpc) is 3.22. The van der Waals surface area contributed by atoms with Crippen molar-refractivity contribution in [1.29, 1.82) is 0 Å². The highest BCUT2D eigenvalue weighted by molar-refractivity contribution is 14.0. The summed E-state index contributed by atoms with van der Waals surface area (Å²) < 4.78 is 20.2. The van der Waals surface area contributed by atoms with E-state index in [2.05, 4.69) is 34.5 Å². The van der Waals surface area contributed by atoms with Crippen molar-refractivity contribution >= 4 is 29.9 Å². The molecule has 1 aromatic heterocycles. The summed E-state index contributed by atoms with van der Waals surface area (Å²) in [4.78, 5) is 7.15. The Kier molecular flexibility index (Phi) is 10.5. The van der Waals surface area contributed by atoms with E-state index in [1.165, 1.54) is 12.1 Å². The van der Waals surface area contributed by atoms with Crippen LogP contribution in [-0.4, -0.2) is 72.6 Å². The minimum absolute atomic E-state index is 0. The first-order valence-corrected chi connectivity index (χ1v) is 10.3. The van der Waals surface area contributed by atoms with Crippen LogP contribution in [0.2, 0.25) is 0 Å². The number of hydrogen-bond donors (Lipinski definition) is 2. The number of aliphatic imine (C=N–C) groups is 1. The summed E-state index contributed by atoms with van der Waals surface area (Å²) in [5.41, 5.74) is 1.82. The Morgan fingerprint density at radius 3 is 2.63 bits per heavy atom. The summed E-state index contributed by atoms with van der Waals surface area (Å²) in [5.74, 6) is 0.578. The predicted molar refractivity (Wildman–Crippen MR) is 128 cm³/mol. The molecular formula is C21H32FIN6O. The minimum Gasteiger partial charge on any atom is -0.379 e. The van der Waals surface area contributed by atoms with Crippen LogP contribution in [0.5, 0.6) is 0 Å². The molecule has 7 nitrogen and oxygen atoms in total. The third-order valence-electron chi connectivity index (χ3n) is 4.94. The lowest BCUT2D eigenvalue weighted by molar-refractivity contribution is 0.0220. The molecule has 1 atom stereocenters. The smallest absolute Gasteiger partial charge is 0.191 e. The molecule has 1 aromatic carbocycles. The lowest BCUT2D eigenvalue weighted by Gasteiger charge is -2.31. The summed E-state index contributed by atoms with van der Waals surface area (Å²) in [6.45, 7) is 10.1. The monoisotopic (exact) mass is 530 g/mol. The Hall–Kier alpha value is -1.72. The first-order valence-electron chi connectivity index (χ1n) is 10.3. The van der Waals surface area contributed by atoms with E-state index < -0.39 is 0 Å². The molecule has 166 valence electrons. The van der Waals surface area contributed by atoms with Crippen molar-refractivity contribution < 1.29 is 9.13 Å². The number of hydrogen-bond acceptors (Lipinski definition) is 4. The van der Waals surface area contributed by atoms with Crippen molar-refractivity contribution in [3.8, 4) is 5.69 Å². The van der Waals surface area contributed by atoms with Crippen LogP contribution in [-0.2, 0) is 11.2 Å². The maximum absolute atomic E-state index is 13.1. The van der Waals surface area contributed by atoms with E-state index in [-0.39, 0.29) is 29.8 Å². The molecule has 1 aliphatic heterocycles. The highest BCUT2D eigenvalue weighted by Gasteiger charge is 2.16. The van der Waals surface area contributed by atoms with Crippen molar-refractivity contribution in [2.24, 2.45) is 4.99 Å². The third kappa shape index (κ3) is 7.51. The Morgan fingerprint density at radius 1 is 1.20 bits per heavy atom. The maximum Gasteiger partial charge on any atom is 0.191 e. The van der Waals surface area contributed by atoms with Crippen molar-refractivity contribution in [2.45, 2.75) is 26.3 Å². The maximum atomic E-state index is 13.1. The molecule has 3 rings (SSSR count). The summed E-state index contributed by atoms with van der Waals surface area (Å²) in [5, 5.41) is 11.2. The van der Waals surface area contributed by atoms with Crippen LogP contribution in [0.4, 0.5) is 4.39 Å². The van der Waals surface area contributed by atoms with Crippen LogP contribution >= 0.6 is 24.0 Å². The van der Waals surface area contributed by atoms with E-state index in [1.807, 2.05) is 12.3 Å². The zero-order chi connectivity index (χ0) is 20.5. The molecule has 0 radical (unpaired) electrons. The molecule has 9 heteroatoms. The molecule has 1 aliphatic rings. The SMILES string of the molecule is CCNC(=NCC(C)N1CCOCC1)NCCc1ccn(-c2ccc(F)cc2)n1.I. The number of benzene rings is 1. The van der Waals surface area contributed by atoms with Gasteiger partial charge in [0.1, 0.15) is 5.82 Å². The van der Waals surface area contributed by atoms with Crippen LogP contribution in [0.25, 0.3) is 5.69 Å². The number of morpholine rings is 1. The van der Waals surface area contributed by atoms with Gasteiger partial charge in [0.25, 0.3) is 0 Å². The van der Waals surface area contributed by atoms with Crippen LogP contribution < -0.4 is 10.6 Å². The standard InChI is InChI=1S/C21H31FN6O.HI/c1-3-23-21(25-16-17(2)27-12-14-29-15-13-27)24-10-8-19-9-11-28(26-19)20-6-4-18(22)5-7-20;/h4-7,9,11,17H,3,8,10,12-16H2,1-2H3,(H2,23,24,25);1H. The normalized spacial score (nSPS) is 16.0. The van der Waals surface area contributed by atoms with E-state index in [0.717, 1.165) is 69.7 Å². The average molecular weight is 530 g/mol. The van der Waals surface area contributed by atoms with E-state index in [0.29, 0.717) is 6.04 Å².